The number of carbonyl (C=O) groups excluding carboxylic acids is 2. The van der Waals surface area contributed by atoms with Gasteiger partial charge in [0.2, 0.25) is 6.29 Å². The molecule has 0 amide bonds. The number of nitrogens with one attached hydrogen (secondary N) is 1. The van der Waals surface area contributed by atoms with Crippen LogP contribution in [0.1, 0.15) is 52.1 Å². The summed E-state index contributed by atoms with van der Waals surface area (Å²) in [5.74, 6) is 0.355. The number of methoxy groups -OCH3 is 1. The maximum absolute atomic E-state index is 13.0. The van der Waals surface area contributed by atoms with Gasteiger partial charge in [0.1, 0.15) is 5.82 Å². The Labute approximate surface area is 240 Å². The third-order valence-corrected chi connectivity index (χ3v) is 7.01. The SMILES string of the molecule is CCCCc1nc(Cl)c(-c2ccc(C(=O)OC)[n+]([O-])c2C=O)n1Cc1ccc(-c2ccccc2)c(-c2nnn[nH]2)c1. The van der Waals surface area contributed by atoms with Crippen LogP contribution in [0.25, 0.3) is 33.8 Å². The maximum atomic E-state index is 13.0. The van der Waals surface area contributed by atoms with E-state index in [-0.39, 0.29) is 26.8 Å². The third kappa shape index (κ3) is 5.44. The number of hydrogen-bond acceptors (Lipinski definition) is 8. The van der Waals surface area contributed by atoms with Crippen LogP contribution in [0.3, 0.4) is 0 Å². The van der Waals surface area contributed by atoms with Crippen molar-refractivity contribution in [2.24, 2.45) is 0 Å². The van der Waals surface area contributed by atoms with Crippen LogP contribution in [0.5, 0.6) is 0 Å². The molecule has 0 fully saturated rings. The summed E-state index contributed by atoms with van der Waals surface area (Å²) in [6, 6.07) is 18.7. The molecular formula is C29H26ClN7O4. The first kappa shape index (κ1) is 27.7. The van der Waals surface area contributed by atoms with Gasteiger partial charge in [-0.1, -0.05) is 67.4 Å². The van der Waals surface area contributed by atoms with Crippen molar-refractivity contribution < 1.29 is 19.1 Å². The van der Waals surface area contributed by atoms with Crippen LogP contribution < -0.4 is 4.73 Å². The number of aromatic nitrogens is 7. The molecule has 12 heteroatoms. The predicted octanol–water partition coefficient (Wildman–Crippen LogP) is 4.67. The van der Waals surface area contributed by atoms with Gasteiger partial charge in [0.15, 0.2) is 11.0 Å². The quantitative estimate of drug-likeness (QED) is 0.110. The molecule has 5 rings (SSSR count). The molecule has 0 saturated heterocycles. The fraction of sp³-hybridized carbons (Fsp3) is 0.207. The summed E-state index contributed by atoms with van der Waals surface area (Å²) in [5, 5.41) is 27.6. The summed E-state index contributed by atoms with van der Waals surface area (Å²) in [6.07, 6.45) is 2.82. The Bertz CT molecular complexity index is 1700. The van der Waals surface area contributed by atoms with Gasteiger partial charge in [-0.25, -0.2) is 14.9 Å². The number of pyridine rings is 1. The lowest BCUT2D eigenvalue weighted by Crippen LogP contribution is -2.40. The van der Waals surface area contributed by atoms with Crippen LogP contribution in [-0.2, 0) is 17.7 Å². The Morgan fingerprint density at radius 2 is 1.90 bits per heavy atom. The van der Waals surface area contributed by atoms with E-state index in [1.807, 2.05) is 53.1 Å². The molecule has 3 aromatic heterocycles. The van der Waals surface area contributed by atoms with Crippen molar-refractivity contribution in [2.75, 3.05) is 7.11 Å². The fourth-order valence-corrected chi connectivity index (χ4v) is 5.05. The van der Waals surface area contributed by atoms with Gasteiger partial charge in [-0.15, -0.1) is 5.10 Å². The third-order valence-electron chi connectivity index (χ3n) is 6.75. The van der Waals surface area contributed by atoms with Gasteiger partial charge in [-0.2, -0.15) is 4.73 Å². The van der Waals surface area contributed by atoms with Crippen molar-refractivity contribution in [3.63, 3.8) is 0 Å². The van der Waals surface area contributed by atoms with Gasteiger partial charge in [0.25, 0.3) is 5.69 Å². The Balaban J connectivity index is 1.66. The number of nitrogens with zero attached hydrogens (tertiary/aromatic N) is 6. The molecule has 0 unspecified atom stereocenters. The largest absolute Gasteiger partial charge is 0.618 e. The van der Waals surface area contributed by atoms with Gasteiger partial charge in [0, 0.05) is 24.6 Å². The van der Waals surface area contributed by atoms with Crippen LogP contribution in [-0.4, -0.2) is 49.5 Å². The zero-order valence-corrected chi connectivity index (χ0v) is 23.1. The molecule has 0 aliphatic carbocycles. The van der Waals surface area contributed by atoms with Gasteiger partial charge in [-0.05, 0) is 45.7 Å². The average Bonchev–Trinajstić information content (AvgIpc) is 3.64. The number of aromatic amines is 1. The Hall–Kier alpha value is -4.90. The summed E-state index contributed by atoms with van der Waals surface area (Å²) >= 11 is 6.68. The lowest BCUT2D eigenvalue weighted by Gasteiger charge is -2.16. The second-order valence-electron chi connectivity index (χ2n) is 9.27. The molecule has 0 radical (unpaired) electrons. The predicted molar refractivity (Wildman–Crippen MR) is 151 cm³/mol. The van der Waals surface area contributed by atoms with E-state index in [0.29, 0.717) is 36.6 Å². The number of unbranched alkanes of at least 4 members (excludes halogenated alkanes) is 1. The highest BCUT2D eigenvalue weighted by Gasteiger charge is 2.28. The molecule has 0 spiro atoms. The molecule has 0 aliphatic rings. The van der Waals surface area contributed by atoms with E-state index in [4.69, 9.17) is 11.6 Å². The molecule has 5 aromatic rings. The standard InChI is InChI=1S/C29H26ClN7O4/c1-3-4-10-25-31-27(30)26(21-13-14-23(29(39)41-2)37(40)24(21)17-38)36(25)16-18-11-12-20(19-8-6-5-7-9-19)22(15-18)28-32-34-35-33-28/h5-9,11-15,17H,3-4,10,16H2,1-2H3,(H,32,33,34,35). The highest BCUT2D eigenvalue weighted by Crippen LogP contribution is 2.34. The highest BCUT2D eigenvalue weighted by molar-refractivity contribution is 6.32. The summed E-state index contributed by atoms with van der Waals surface area (Å²) in [5.41, 5.74) is 3.70. The Morgan fingerprint density at radius 1 is 1.12 bits per heavy atom. The minimum Gasteiger partial charge on any atom is -0.618 e. The summed E-state index contributed by atoms with van der Waals surface area (Å²) in [6.45, 7) is 2.40. The van der Waals surface area contributed by atoms with Crippen molar-refractivity contribution in [2.45, 2.75) is 32.7 Å². The monoisotopic (exact) mass is 571 g/mol. The van der Waals surface area contributed by atoms with Crippen molar-refractivity contribution in [3.05, 3.63) is 93.8 Å². The van der Waals surface area contributed by atoms with Gasteiger partial charge in [0.05, 0.1) is 18.4 Å². The summed E-state index contributed by atoms with van der Waals surface area (Å²) < 4.78 is 6.85. The number of aldehydes is 1. The second kappa shape index (κ2) is 12.1. The summed E-state index contributed by atoms with van der Waals surface area (Å²) in [7, 11) is 1.16. The first-order valence-corrected chi connectivity index (χ1v) is 13.3. The number of hydrogen-bond donors (Lipinski definition) is 1. The van der Waals surface area contributed by atoms with Gasteiger partial charge in [-0.3, -0.25) is 4.79 Å². The zero-order valence-electron chi connectivity index (χ0n) is 22.4. The van der Waals surface area contributed by atoms with E-state index < -0.39 is 5.97 Å². The van der Waals surface area contributed by atoms with E-state index in [1.54, 1.807) is 0 Å². The van der Waals surface area contributed by atoms with Gasteiger partial charge >= 0.3 is 11.7 Å². The van der Waals surface area contributed by atoms with E-state index in [9.17, 15) is 14.8 Å². The first-order chi connectivity index (χ1) is 20.0. The van der Waals surface area contributed by atoms with Crippen LogP contribution in [0.2, 0.25) is 5.15 Å². The molecule has 41 heavy (non-hydrogen) atoms. The number of rotatable bonds is 10. The normalized spacial score (nSPS) is 11.0. The molecule has 11 nitrogen and oxygen atoms in total. The number of carbonyl (C=O) groups is 2. The van der Waals surface area contributed by atoms with E-state index in [2.05, 4.69) is 37.3 Å². The van der Waals surface area contributed by atoms with E-state index in [0.717, 1.165) is 42.2 Å². The molecule has 208 valence electrons. The summed E-state index contributed by atoms with van der Waals surface area (Å²) in [4.78, 5) is 28.8. The van der Waals surface area contributed by atoms with Crippen molar-refractivity contribution >= 4 is 23.9 Å². The first-order valence-electron chi connectivity index (χ1n) is 12.9. The second-order valence-corrected chi connectivity index (χ2v) is 9.63. The number of ether oxygens (including phenoxy) is 1. The molecule has 2 aromatic carbocycles. The minimum atomic E-state index is -0.856. The Kier molecular flexibility index (Phi) is 8.16. The zero-order chi connectivity index (χ0) is 28.9. The molecule has 0 saturated carbocycles. The number of aryl methyl sites for hydroxylation is 1. The van der Waals surface area contributed by atoms with Crippen molar-refractivity contribution in [3.8, 4) is 33.8 Å². The molecule has 0 atom stereocenters. The number of halogens is 1. The van der Waals surface area contributed by atoms with Crippen LogP contribution in [0, 0.1) is 5.21 Å². The number of H-pyrrole nitrogens is 1. The van der Waals surface area contributed by atoms with Gasteiger partial charge < -0.3 is 14.5 Å². The number of tetrazole rings is 1. The smallest absolute Gasteiger partial charge is 0.404 e. The lowest BCUT2D eigenvalue weighted by atomic mass is 9.97. The van der Waals surface area contributed by atoms with Crippen LogP contribution in [0.4, 0.5) is 0 Å². The number of esters is 1. The van der Waals surface area contributed by atoms with E-state index in [1.165, 1.54) is 12.1 Å². The molecule has 3 heterocycles. The Morgan fingerprint density at radius 3 is 2.59 bits per heavy atom. The topological polar surface area (TPSA) is 143 Å². The molecule has 0 bridgehead atoms. The molecular weight excluding hydrogens is 546 g/mol. The fourth-order valence-electron chi connectivity index (χ4n) is 4.75. The van der Waals surface area contributed by atoms with Crippen LogP contribution >= 0.6 is 11.6 Å². The maximum Gasteiger partial charge on any atom is 0.404 e. The van der Waals surface area contributed by atoms with E-state index >= 15 is 0 Å². The van der Waals surface area contributed by atoms with Crippen molar-refractivity contribution in [1.82, 2.24) is 30.2 Å². The van der Waals surface area contributed by atoms with Crippen LogP contribution in [0.15, 0.2) is 60.7 Å². The van der Waals surface area contributed by atoms with Crippen molar-refractivity contribution in [1.29, 1.82) is 0 Å². The number of imidazole rings is 1. The minimum absolute atomic E-state index is 0.144. The molecule has 1 N–H and O–H groups in total. The number of benzene rings is 2. The highest BCUT2D eigenvalue weighted by atomic mass is 35.5. The average molecular weight is 572 g/mol. The molecule has 0 aliphatic heterocycles. The lowest BCUT2D eigenvalue weighted by molar-refractivity contribution is -0.609.